The summed E-state index contributed by atoms with van der Waals surface area (Å²) in [7, 11) is 1.27. The fourth-order valence-corrected chi connectivity index (χ4v) is 3.13. The maximum absolute atomic E-state index is 12.8. The van der Waals surface area contributed by atoms with Crippen molar-refractivity contribution < 1.29 is 14.3 Å². The molecule has 0 unspecified atom stereocenters. The monoisotopic (exact) mass is 402 g/mol. The quantitative estimate of drug-likeness (QED) is 0.518. The molecule has 4 rings (SSSR count). The number of para-hydroxylation sites is 1. The van der Waals surface area contributed by atoms with Crippen molar-refractivity contribution in [2.75, 3.05) is 12.4 Å². The molecule has 0 aliphatic rings. The highest BCUT2D eigenvalue weighted by Gasteiger charge is 2.15. The number of methoxy groups -OCH3 is 1. The van der Waals surface area contributed by atoms with Crippen molar-refractivity contribution in [3.05, 3.63) is 89.0 Å². The molecular formula is C22H18N4O4. The Morgan fingerprint density at radius 1 is 1.03 bits per heavy atom. The van der Waals surface area contributed by atoms with E-state index in [9.17, 15) is 14.4 Å². The van der Waals surface area contributed by atoms with Gasteiger partial charge in [0.25, 0.3) is 5.56 Å². The van der Waals surface area contributed by atoms with E-state index in [2.05, 4.69) is 10.4 Å². The zero-order valence-electron chi connectivity index (χ0n) is 16.1. The van der Waals surface area contributed by atoms with Crippen LogP contribution in [-0.4, -0.2) is 33.2 Å². The number of hydrogen-bond donors (Lipinski definition) is 1. The minimum absolute atomic E-state index is 0.212. The first kappa shape index (κ1) is 19.1. The number of nitrogens with one attached hydrogen (secondary N) is 1. The first-order valence-corrected chi connectivity index (χ1v) is 9.18. The van der Waals surface area contributed by atoms with Gasteiger partial charge >= 0.3 is 5.97 Å². The molecule has 2 aromatic heterocycles. The van der Waals surface area contributed by atoms with Crippen molar-refractivity contribution in [2.24, 2.45) is 0 Å². The summed E-state index contributed by atoms with van der Waals surface area (Å²) in [5.41, 5.74) is 2.13. The molecular weight excluding hydrogens is 384 g/mol. The summed E-state index contributed by atoms with van der Waals surface area (Å²) in [6, 6.07) is 17.7. The number of carbonyl (C=O) groups is 2. The molecule has 2 aromatic carbocycles. The van der Waals surface area contributed by atoms with Gasteiger partial charge in [-0.3, -0.25) is 9.59 Å². The summed E-state index contributed by atoms with van der Waals surface area (Å²) < 4.78 is 7.51. The molecule has 0 fully saturated rings. The number of ether oxygens (including phenoxy) is 1. The summed E-state index contributed by atoms with van der Waals surface area (Å²) in [6.45, 7) is -0.212. The van der Waals surface area contributed by atoms with Crippen molar-refractivity contribution in [1.82, 2.24) is 14.2 Å². The van der Waals surface area contributed by atoms with Crippen molar-refractivity contribution in [3.63, 3.8) is 0 Å². The van der Waals surface area contributed by atoms with E-state index in [1.165, 1.54) is 22.4 Å². The van der Waals surface area contributed by atoms with Crippen molar-refractivity contribution in [1.29, 1.82) is 0 Å². The number of nitrogens with zero attached hydrogens (tertiary/aromatic N) is 3. The van der Waals surface area contributed by atoms with Crippen LogP contribution in [0.2, 0.25) is 0 Å². The maximum atomic E-state index is 12.8. The summed E-state index contributed by atoms with van der Waals surface area (Å²) in [5, 5.41) is 7.08. The summed E-state index contributed by atoms with van der Waals surface area (Å²) in [4.78, 5) is 37.2. The highest BCUT2D eigenvalue weighted by Crippen LogP contribution is 2.18. The van der Waals surface area contributed by atoms with Crippen LogP contribution in [0, 0.1) is 0 Å². The third-order valence-corrected chi connectivity index (χ3v) is 4.59. The summed E-state index contributed by atoms with van der Waals surface area (Å²) >= 11 is 0. The third-order valence-electron chi connectivity index (χ3n) is 4.59. The van der Waals surface area contributed by atoms with E-state index in [0.717, 1.165) is 5.56 Å². The Kier molecular flexibility index (Phi) is 5.13. The van der Waals surface area contributed by atoms with Crippen LogP contribution >= 0.6 is 0 Å². The molecule has 30 heavy (non-hydrogen) atoms. The molecule has 0 saturated heterocycles. The molecule has 150 valence electrons. The predicted octanol–water partition coefficient (Wildman–Crippen LogP) is 2.59. The Hall–Kier alpha value is -4.20. The molecule has 1 amide bonds. The second-order valence-electron chi connectivity index (χ2n) is 6.54. The predicted molar refractivity (Wildman–Crippen MR) is 111 cm³/mol. The number of amides is 1. The standard InChI is InChI=1S/C22H18N4O4/c1-30-22(29)16-9-5-6-10-17(16)23-20(27)14-25-11-12-26-19(21(25)28)13-18(24-26)15-7-3-2-4-8-15/h2-13H,14H2,1H3,(H,23,27). The van der Waals surface area contributed by atoms with E-state index in [1.807, 2.05) is 30.3 Å². The van der Waals surface area contributed by atoms with Gasteiger partial charge in [-0.25, -0.2) is 9.31 Å². The number of esters is 1. The van der Waals surface area contributed by atoms with Gasteiger partial charge < -0.3 is 14.6 Å². The lowest BCUT2D eigenvalue weighted by molar-refractivity contribution is -0.116. The minimum atomic E-state index is -0.558. The number of rotatable bonds is 5. The lowest BCUT2D eigenvalue weighted by Crippen LogP contribution is -2.28. The molecule has 0 aliphatic carbocycles. The first-order valence-electron chi connectivity index (χ1n) is 9.18. The smallest absolute Gasteiger partial charge is 0.339 e. The minimum Gasteiger partial charge on any atom is -0.465 e. The van der Waals surface area contributed by atoms with E-state index in [-0.39, 0.29) is 17.7 Å². The van der Waals surface area contributed by atoms with Gasteiger partial charge in [-0.15, -0.1) is 0 Å². The second kappa shape index (κ2) is 8.04. The van der Waals surface area contributed by atoms with Gasteiger partial charge in [0.05, 0.1) is 24.1 Å². The Morgan fingerprint density at radius 3 is 2.53 bits per heavy atom. The Balaban J connectivity index is 1.59. The average molecular weight is 402 g/mol. The lowest BCUT2D eigenvalue weighted by Gasteiger charge is -2.10. The van der Waals surface area contributed by atoms with E-state index in [1.54, 1.807) is 36.5 Å². The Labute approximate surface area is 171 Å². The van der Waals surface area contributed by atoms with Crippen LogP contribution in [0.5, 0.6) is 0 Å². The van der Waals surface area contributed by atoms with Crippen LogP contribution in [0.4, 0.5) is 5.69 Å². The van der Waals surface area contributed by atoms with E-state index in [0.29, 0.717) is 16.9 Å². The fourth-order valence-electron chi connectivity index (χ4n) is 3.13. The average Bonchev–Trinajstić information content (AvgIpc) is 3.21. The largest absolute Gasteiger partial charge is 0.465 e. The maximum Gasteiger partial charge on any atom is 0.339 e. The fraction of sp³-hybridized carbons (Fsp3) is 0.0909. The summed E-state index contributed by atoms with van der Waals surface area (Å²) in [6.07, 6.45) is 3.13. The van der Waals surface area contributed by atoms with Crippen LogP contribution in [0.3, 0.4) is 0 Å². The zero-order valence-corrected chi connectivity index (χ0v) is 16.1. The van der Waals surface area contributed by atoms with E-state index >= 15 is 0 Å². The van der Waals surface area contributed by atoms with Crippen LogP contribution in [0.25, 0.3) is 16.8 Å². The highest BCUT2D eigenvalue weighted by atomic mass is 16.5. The third kappa shape index (κ3) is 3.70. The molecule has 0 aliphatic heterocycles. The number of fused-ring (bicyclic) bond motifs is 1. The first-order chi connectivity index (χ1) is 14.6. The van der Waals surface area contributed by atoms with E-state index < -0.39 is 11.9 Å². The van der Waals surface area contributed by atoms with Gasteiger partial charge in [0.2, 0.25) is 5.91 Å². The molecule has 0 bridgehead atoms. The van der Waals surface area contributed by atoms with Crippen LogP contribution < -0.4 is 10.9 Å². The summed E-state index contributed by atoms with van der Waals surface area (Å²) in [5.74, 6) is -1.00. The zero-order chi connectivity index (χ0) is 21.1. The van der Waals surface area contributed by atoms with Gasteiger partial charge in [-0.05, 0) is 18.2 Å². The van der Waals surface area contributed by atoms with Gasteiger partial charge in [0, 0.05) is 18.0 Å². The molecule has 8 nitrogen and oxygen atoms in total. The molecule has 8 heteroatoms. The van der Waals surface area contributed by atoms with E-state index in [4.69, 9.17) is 4.74 Å². The molecule has 0 radical (unpaired) electrons. The molecule has 1 N–H and O–H groups in total. The van der Waals surface area contributed by atoms with Gasteiger partial charge in [-0.2, -0.15) is 5.10 Å². The normalized spacial score (nSPS) is 10.7. The van der Waals surface area contributed by atoms with Crippen molar-refractivity contribution in [2.45, 2.75) is 6.54 Å². The number of anilines is 1. The molecule has 0 spiro atoms. The van der Waals surface area contributed by atoms with Crippen LogP contribution in [0.1, 0.15) is 10.4 Å². The number of benzene rings is 2. The second-order valence-corrected chi connectivity index (χ2v) is 6.54. The van der Waals surface area contributed by atoms with Crippen molar-refractivity contribution >= 4 is 23.1 Å². The number of carbonyl (C=O) groups excluding carboxylic acids is 2. The topological polar surface area (TPSA) is 94.7 Å². The van der Waals surface area contributed by atoms with Gasteiger partial charge in [0.15, 0.2) is 0 Å². The molecule has 2 heterocycles. The number of aromatic nitrogens is 3. The Morgan fingerprint density at radius 2 is 1.77 bits per heavy atom. The van der Waals surface area contributed by atoms with Gasteiger partial charge in [-0.1, -0.05) is 42.5 Å². The molecule has 0 saturated carbocycles. The van der Waals surface area contributed by atoms with Crippen molar-refractivity contribution in [3.8, 4) is 11.3 Å². The lowest BCUT2D eigenvalue weighted by atomic mass is 10.1. The van der Waals surface area contributed by atoms with Gasteiger partial charge in [0.1, 0.15) is 12.1 Å². The molecule has 4 aromatic rings. The Bertz CT molecular complexity index is 1290. The van der Waals surface area contributed by atoms with Crippen LogP contribution in [-0.2, 0) is 16.1 Å². The van der Waals surface area contributed by atoms with Crippen LogP contribution in [0.15, 0.2) is 77.9 Å². The molecule has 0 atom stereocenters. The number of hydrogen-bond acceptors (Lipinski definition) is 5. The highest BCUT2D eigenvalue weighted by molar-refractivity contribution is 6.01. The SMILES string of the molecule is COC(=O)c1ccccc1NC(=O)Cn1ccn2nc(-c3ccccc3)cc2c1=O.